The van der Waals surface area contributed by atoms with Gasteiger partial charge in [-0.1, -0.05) is 32.0 Å². The van der Waals surface area contributed by atoms with Gasteiger partial charge in [-0.2, -0.15) is 9.41 Å². The molecular formula is C28H36N6O4S2. The van der Waals surface area contributed by atoms with Crippen LogP contribution in [0, 0.1) is 0 Å². The molecule has 12 heteroatoms. The maximum atomic E-state index is 13.3. The Balaban J connectivity index is 1.33. The first-order valence-corrected chi connectivity index (χ1v) is 15.2. The van der Waals surface area contributed by atoms with Gasteiger partial charge in [-0.15, -0.1) is 0 Å². The Bertz CT molecular complexity index is 1410. The van der Waals surface area contributed by atoms with Crippen LogP contribution in [0.3, 0.4) is 0 Å². The number of nitrogens with one attached hydrogen (secondary N) is 2. The molecule has 2 N–H and O–H groups in total. The van der Waals surface area contributed by atoms with Crippen LogP contribution in [0.1, 0.15) is 19.4 Å². The number of hydrogen-bond donors (Lipinski definition) is 2. The Morgan fingerprint density at radius 3 is 2.38 bits per heavy atom. The third-order valence-corrected chi connectivity index (χ3v) is 9.68. The van der Waals surface area contributed by atoms with Gasteiger partial charge >= 0.3 is 0 Å². The highest BCUT2D eigenvalue weighted by Crippen LogP contribution is 2.46. The highest BCUT2D eigenvalue weighted by atomic mass is 32.2. The number of hydrogen-bond acceptors (Lipinski definition) is 8. The van der Waals surface area contributed by atoms with Crippen molar-refractivity contribution in [3.8, 4) is 0 Å². The fourth-order valence-corrected chi connectivity index (χ4v) is 7.04. The number of morpholine rings is 2. The first-order valence-electron chi connectivity index (χ1n) is 13.4. The zero-order valence-electron chi connectivity index (χ0n) is 23.1. The number of thiocarbonyl (C=S) groups is 1. The average molecular weight is 585 g/mol. The summed E-state index contributed by atoms with van der Waals surface area (Å²) < 4.78 is 39.0. The van der Waals surface area contributed by atoms with Crippen molar-refractivity contribution in [3.05, 3.63) is 59.8 Å². The van der Waals surface area contributed by atoms with Gasteiger partial charge in [0.05, 0.1) is 42.7 Å². The minimum atomic E-state index is -3.67. The Hall–Kier alpha value is -3.03. The van der Waals surface area contributed by atoms with E-state index in [4.69, 9.17) is 21.7 Å². The third-order valence-electron chi connectivity index (χ3n) is 7.59. The molecule has 2 fully saturated rings. The van der Waals surface area contributed by atoms with Gasteiger partial charge in [-0.05, 0) is 48.1 Å². The van der Waals surface area contributed by atoms with Gasteiger partial charge < -0.3 is 24.6 Å². The summed E-state index contributed by atoms with van der Waals surface area (Å²) in [4.78, 5) is 4.53. The number of nitrogens with zero attached hydrogens (tertiary/aromatic N) is 4. The average Bonchev–Trinajstić information content (AvgIpc) is 3.16. The van der Waals surface area contributed by atoms with Crippen LogP contribution in [-0.4, -0.2) is 83.7 Å². The molecule has 5 rings (SSSR count). The summed E-state index contributed by atoms with van der Waals surface area (Å²) in [5, 5.41) is 7.76. The van der Waals surface area contributed by atoms with E-state index in [2.05, 4.69) is 64.7 Å². The van der Waals surface area contributed by atoms with Gasteiger partial charge in [0.2, 0.25) is 10.0 Å². The lowest BCUT2D eigenvalue weighted by Gasteiger charge is -2.31. The van der Waals surface area contributed by atoms with E-state index in [0.29, 0.717) is 58.3 Å². The maximum Gasteiger partial charge on any atom is 0.243 e. The van der Waals surface area contributed by atoms with Crippen molar-refractivity contribution in [2.24, 2.45) is 5.10 Å². The molecule has 0 aromatic heterocycles. The lowest BCUT2D eigenvalue weighted by atomic mass is 9.84. The van der Waals surface area contributed by atoms with E-state index in [0.717, 1.165) is 11.4 Å². The van der Waals surface area contributed by atoms with Crippen LogP contribution in [-0.2, 0) is 24.9 Å². The second-order valence-electron chi connectivity index (χ2n) is 10.4. The molecule has 2 aromatic rings. The summed E-state index contributed by atoms with van der Waals surface area (Å²) in [6, 6.07) is 13.5. The monoisotopic (exact) mass is 584 g/mol. The van der Waals surface area contributed by atoms with Crippen LogP contribution in [0.25, 0.3) is 0 Å². The normalized spacial score (nSPS) is 20.6. The van der Waals surface area contributed by atoms with E-state index in [1.54, 1.807) is 18.3 Å². The first kappa shape index (κ1) is 28.5. The van der Waals surface area contributed by atoms with Gasteiger partial charge in [0.15, 0.2) is 5.11 Å². The molecule has 2 saturated heterocycles. The molecule has 0 radical (unpaired) electrons. The summed E-state index contributed by atoms with van der Waals surface area (Å²) in [6.07, 6.45) is 3.67. The molecule has 214 valence electrons. The van der Waals surface area contributed by atoms with Gasteiger partial charge in [0, 0.05) is 56.2 Å². The Labute approximate surface area is 241 Å². The quantitative estimate of drug-likeness (QED) is 0.302. The standard InChI is InChI=1S/C28H36N6O4S2/c1-28(2)22-6-4-5-7-24(22)32(3)26(28)10-11-29-31-27(39)30-23-20-21(40(35,36)34-14-18-38-19-15-34)8-9-25(23)33-12-16-37-17-13-33/h4-11,20H,12-19H2,1-3H3,(H2,30,31,39)/b26-10-,29-11-. The number of fused-ring (bicyclic) bond motifs is 1. The number of para-hydroxylation sites is 1. The zero-order valence-corrected chi connectivity index (χ0v) is 24.7. The number of rotatable bonds is 6. The van der Waals surface area contributed by atoms with Gasteiger partial charge in [0.1, 0.15) is 0 Å². The molecule has 0 unspecified atom stereocenters. The van der Waals surface area contributed by atoms with Gasteiger partial charge in [0.25, 0.3) is 0 Å². The van der Waals surface area contributed by atoms with Crippen LogP contribution < -0.4 is 20.5 Å². The number of ether oxygens (including phenoxy) is 2. The van der Waals surface area contributed by atoms with Crippen molar-refractivity contribution in [3.63, 3.8) is 0 Å². The second-order valence-corrected chi connectivity index (χ2v) is 12.7. The Morgan fingerprint density at radius 1 is 1.00 bits per heavy atom. The molecule has 0 amide bonds. The van der Waals surface area contributed by atoms with Crippen molar-refractivity contribution in [1.29, 1.82) is 0 Å². The lowest BCUT2D eigenvalue weighted by Crippen LogP contribution is -2.40. The van der Waals surface area contributed by atoms with Crippen molar-refractivity contribution >= 4 is 50.6 Å². The van der Waals surface area contributed by atoms with Crippen molar-refractivity contribution < 1.29 is 17.9 Å². The Kier molecular flexibility index (Phi) is 8.43. The minimum absolute atomic E-state index is 0.157. The van der Waals surface area contributed by atoms with Crippen molar-refractivity contribution in [2.45, 2.75) is 24.2 Å². The molecule has 3 aliphatic heterocycles. The summed E-state index contributed by atoms with van der Waals surface area (Å²) >= 11 is 5.55. The van der Waals surface area contributed by atoms with E-state index >= 15 is 0 Å². The molecule has 0 spiro atoms. The SMILES string of the molecule is CN1/C(=C\C=N/NC(=S)Nc2cc(S(=O)(=O)N3CCOCC3)ccc2N2CCOCC2)C(C)(C)c2ccccc21. The summed E-state index contributed by atoms with van der Waals surface area (Å²) in [5.74, 6) is 0. The van der Waals surface area contributed by atoms with E-state index in [1.807, 2.05) is 18.2 Å². The third kappa shape index (κ3) is 5.72. The largest absolute Gasteiger partial charge is 0.379 e. The number of hydrazone groups is 1. The van der Waals surface area contributed by atoms with E-state index < -0.39 is 10.0 Å². The molecule has 40 heavy (non-hydrogen) atoms. The molecule has 0 atom stereocenters. The fourth-order valence-electron chi connectivity index (χ4n) is 5.45. The van der Waals surface area contributed by atoms with Gasteiger partial charge in [-0.25, -0.2) is 8.42 Å². The number of allylic oxidation sites excluding steroid dienone is 2. The molecular weight excluding hydrogens is 548 g/mol. The highest BCUT2D eigenvalue weighted by molar-refractivity contribution is 7.89. The van der Waals surface area contributed by atoms with Crippen LogP contribution in [0.15, 0.2) is 64.2 Å². The highest BCUT2D eigenvalue weighted by Gasteiger charge is 2.37. The van der Waals surface area contributed by atoms with Crippen LogP contribution in [0.4, 0.5) is 17.1 Å². The molecule has 0 saturated carbocycles. The number of likely N-dealkylation sites (N-methyl/N-ethyl adjacent to an activating group) is 1. The summed E-state index contributed by atoms with van der Waals surface area (Å²) in [5.41, 5.74) is 7.73. The fraction of sp³-hybridized carbons (Fsp3) is 0.429. The molecule has 10 nitrogen and oxygen atoms in total. The van der Waals surface area contributed by atoms with Crippen LogP contribution in [0.2, 0.25) is 0 Å². The predicted octanol–water partition coefficient (Wildman–Crippen LogP) is 3.13. The second kappa shape index (κ2) is 11.8. The van der Waals surface area contributed by atoms with Crippen molar-refractivity contribution in [1.82, 2.24) is 9.73 Å². The van der Waals surface area contributed by atoms with Crippen LogP contribution >= 0.6 is 12.2 Å². The van der Waals surface area contributed by atoms with E-state index in [-0.39, 0.29) is 15.4 Å². The number of anilines is 3. The predicted molar refractivity (Wildman–Crippen MR) is 163 cm³/mol. The molecule has 0 bridgehead atoms. The smallest absolute Gasteiger partial charge is 0.243 e. The van der Waals surface area contributed by atoms with Gasteiger partial charge in [-0.3, -0.25) is 5.43 Å². The Morgan fingerprint density at radius 2 is 1.68 bits per heavy atom. The summed E-state index contributed by atoms with van der Waals surface area (Å²) in [6.45, 7) is 8.42. The van der Waals surface area contributed by atoms with Crippen LogP contribution in [0.5, 0.6) is 0 Å². The summed E-state index contributed by atoms with van der Waals surface area (Å²) in [7, 11) is -1.62. The lowest BCUT2D eigenvalue weighted by molar-refractivity contribution is 0.0730. The molecule has 3 heterocycles. The number of sulfonamides is 1. The minimum Gasteiger partial charge on any atom is -0.379 e. The van der Waals surface area contributed by atoms with Crippen molar-refractivity contribution in [2.75, 3.05) is 74.8 Å². The van der Waals surface area contributed by atoms with E-state index in [1.165, 1.54) is 15.6 Å². The zero-order chi connectivity index (χ0) is 28.3. The van der Waals surface area contributed by atoms with E-state index in [9.17, 15) is 8.42 Å². The topological polar surface area (TPSA) is 98.7 Å². The first-order chi connectivity index (χ1) is 19.2. The molecule has 0 aliphatic carbocycles. The number of benzene rings is 2. The molecule has 2 aromatic carbocycles. The molecule has 3 aliphatic rings. The maximum absolute atomic E-state index is 13.3.